The molecule has 174 valence electrons. The highest BCUT2D eigenvalue weighted by Crippen LogP contribution is 2.27. The summed E-state index contributed by atoms with van der Waals surface area (Å²) >= 11 is 6.07. The molecule has 1 fully saturated rings. The second kappa shape index (κ2) is 9.26. The molecule has 34 heavy (non-hydrogen) atoms. The van der Waals surface area contributed by atoms with Gasteiger partial charge < -0.3 is 14.5 Å². The molecule has 0 unspecified atom stereocenters. The number of hydrogen-bond donors (Lipinski definition) is 0. The molecule has 0 bridgehead atoms. The normalized spacial score (nSPS) is 14.0. The summed E-state index contributed by atoms with van der Waals surface area (Å²) in [5.41, 5.74) is 3.70. The lowest BCUT2D eigenvalue weighted by atomic mass is 10.0. The lowest BCUT2D eigenvalue weighted by Crippen LogP contribution is -2.49. The Morgan fingerprint density at radius 3 is 2.59 bits per heavy atom. The topological polar surface area (TPSA) is 88.8 Å². The van der Waals surface area contributed by atoms with Crippen molar-refractivity contribution in [3.05, 3.63) is 76.3 Å². The molecule has 1 saturated heterocycles. The van der Waals surface area contributed by atoms with Crippen molar-refractivity contribution in [1.82, 2.24) is 29.5 Å². The van der Waals surface area contributed by atoms with Crippen LogP contribution in [0.5, 0.6) is 5.88 Å². The quantitative estimate of drug-likeness (QED) is 0.408. The monoisotopic (exact) mass is 477 g/mol. The molecule has 0 atom stereocenters. The van der Waals surface area contributed by atoms with Gasteiger partial charge in [-0.2, -0.15) is 14.6 Å². The number of ether oxygens (including phenoxy) is 1. The Balaban J connectivity index is 1.41. The zero-order valence-corrected chi connectivity index (χ0v) is 19.7. The third kappa shape index (κ3) is 4.26. The number of hydrogen-bond acceptors (Lipinski definition) is 7. The van der Waals surface area contributed by atoms with Gasteiger partial charge in [-0.05, 0) is 18.6 Å². The van der Waals surface area contributed by atoms with E-state index in [1.165, 1.54) is 19.0 Å². The minimum atomic E-state index is -0.0939. The summed E-state index contributed by atoms with van der Waals surface area (Å²) in [6.07, 6.45) is 2.26. The van der Waals surface area contributed by atoms with Crippen LogP contribution in [-0.2, 0) is 6.42 Å². The Bertz CT molecular complexity index is 1330. The predicted molar refractivity (Wildman–Crippen MR) is 129 cm³/mol. The highest BCUT2D eigenvalue weighted by molar-refractivity contribution is 6.29. The molecule has 1 aliphatic rings. The summed E-state index contributed by atoms with van der Waals surface area (Å²) in [5.74, 6) is 1.77. The van der Waals surface area contributed by atoms with Crippen LogP contribution < -0.4 is 9.64 Å². The number of piperazine rings is 1. The highest BCUT2D eigenvalue weighted by Gasteiger charge is 2.27. The van der Waals surface area contributed by atoms with Crippen LogP contribution in [0.25, 0.3) is 5.78 Å². The number of anilines is 1. The van der Waals surface area contributed by atoms with Gasteiger partial charge in [0.25, 0.3) is 11.7 Å². The number of amides is 1. The van der Waals surface area contributed by atoms with Gasteiger partial charge in [-0.1, -0.05) is 41.9 Å². The highest BCUT2D eigenvalue weighted by atomic mass is 35.5. The maximum atomic E-state index is 13.1. The number of rotatable bonds is 5. The van der Waals surface area contributed by atoms with E-state index < -0.39 is 0 Å². The first-order valence-electron chi connectivity index (χ1n) is 11.0. The fourth-order valence-corrected chi connectivity index (χ4v) is 4.51. The average molecular weight is 478 g/mol. The van der Waals surface area contributed by atoms with Gasteiger partial charge in [0.15, 0.2) is 0 Å². The summed E-state index contributed by atoms with van der Waals surface area (Å²) in [5, 5.41) is 4.68. The van der Waals surface area contributed by atoms with Crippen LogP contribution in [0.15, 0.2) is 48.8 Å². The Morgan fingerprint density at radius 2 is 1.85 bits per heavy atom. The zero-order valence-electron chi connectivity index (χ0n) is 19.0. The van der Waals surface area contributed by atoms with Crippen molar-refractivity contribution in [2.75, 3.05) is 38.2 Å². The van der Waals surface area contributed by atoms with Crippen molar-refractivity contribution in [3.8, 4) is 5.88 Å². The second-order valence-electron chi connectivity index (χ2n) is 8.13. The lowest BCUT2D eigenvalue weighted by molar-refractivity contribution is 0.0745. The Kier molecular flexibility index (Phi) is 6.02. The standard InChI is InChI=1S/C24H24ClN7O2/c1-16-19(12-17-6-4-3-5-7-17)22(32-24(28-16)26-15-27-32)30-8-10-31(11-9-30)23(33)18-13-20(25)29-21(14-18)34-2/h3-7,13-15H,8-12H2,1-2H3. The van der Waals surface area contributed by atoms with E-state index in [-0.39, 0.29) is 11.1 Å². The van der Waals surface area contributed by atoms with E-state index in [0.717, 1.165) is 23.5 Å². The van der Waals surface area contributed by atoms with Crippen LogP contribution in [0.2, 0.25) is 5.15 Å². The van der Waals surface area contributed by atoms with Crippen molar-refractivity contribution >= 4 is 29.1 Å². The molecule has 1 amide bonds. The number of pyridine rings is 1. The Labute approximate surface area is 202 Å². The number of fused-ring (bicyclic) bond motifs is 1. The molecule has 10 heteroatoms. The van der Waals surface area contributed by atoms with E-state index in [1.807, 2.05) is 30.0 Å². The summed E-state index contributed by atoms with van der Waals surface area (Å²) in [4.78, 5) is 30.2. The SMILES string of the molecule is COc1cc(C(=O)N2CCN(c3c(Cc4ccccc4)c(C)nc4ncnn34)CC2)cc(Cl)n1. The molecule has 0 aliphatic carbocycles. The van der Waals surface area contributed by atoms with Gasteiger partial charge in [-0.15, -0.1) is 0 Å². The first-order valence-corrected chi connectivity index (χ1v) is 11.4. The van der Waals surface area contributed by atoms with Gasteiger partial charge in [0, 0.05) is 55.5 Å². The van der Waals surface area contributed by atoms with Crippen LogP contribution in [0.4, 0.5) is 5.82 Å². The van der Waals surface area contributed by atoms with Crippen molar-refractivity contribution in [1.29, 1.82) is 0 Å². The Hall–Kier alpha value is -3.72. The minimum Gasteiger partial charge on any atom is -0.481 e. The van der Waals surface area contributed by atoms with Gasteiger partial charge >= 0.3 is 0 Å². The number of nitrogens with zero attached hydrogens (tertiary/aromatic N) is 7. The van der Waals surface area contributed by atoms with Crippen molar-refractivity contribution in [2.45, 2.75) is 13.3 Å². The van der Waals surface area contributed by atoms with Crippen LogP contribution in [0.1, 0.15) is 27.2 Å². The molecule has 0 radical (unpaired) electrons. The van der Waals surface area contributed by atoms with Gasteiger partial charge in [0.2, 0.25) is 5.88 Å². The number of aryl methyl sites for hydroxylation is 1. The fraction of sp³-hybridized carbons (Fsp3) is 0.292. The molecule has 1 aromatic carbocycles. The van der Waals surface area contributed by atoms with Gasteiger partial charge in [0.1, 0.15) is 17.3 Å². The van der Waals surface area contributed by atoms with Crippen LogP contribution in [-0.4, -0.2) is 68.7 Å². The van der Waals surface area contributed by atoms with E-state index in [4.69, 9.17) is 16.3 Å². The van der Waals surface area contributed by atoms with E-state index in [2.05, 4.69) is 37.1 Å². The molecule has 3 aromatic heterocycles. The third-order valence-electron chi connectivity index (χ3n) is 6.02. The fourth-order valence-electron chi connectivity index (χ4n) is 4.30. The second-order valence-corrected chi connectivity index (χ2v) is 8.52. The maximum absolute atomic E-state index is 13.1. The van der Waals surface area contributed by atoms with Crippen LogP contribution in [0.3, 0.4) is 0 Å². The first kappa shape index (κ1) is 22.1. The van der Waals surface area contributed by atoms with Gasteiger partial charge in [-0.25, -0.2) is 9.97 Å². The van der Waals surface area contributed by atoms with E-state index >= 15 is 0 Å². The average Bonchev–Trinajstić information content (AvgIpc) is 3.32. The number of carbonyl (C=O) groups is 1. The van der Waals surface area contributed by atoms with Crippen molar-refractivity contribution < 1.29 is 9.53 Å². The molecule has 9 nitrogen and oxygen atoms in total. The van der Waals surface area contributed by atoms with Crippen LogP contribution >= 0.6 is 11.6 Å². The van der Waals surface area contributed by atoms with E-state index in [0.29, 0.717) is 43.4 Å². The van der Waals surface area contributed by atoms with E-state index in [9.17, 15) is 4.79 Å². The predicted octanol–water partition coefficient (Wildman–Crippen LogP) is 3.04. The molecule has 1 aliphatic heterocycles. The number of methoxy groups -OCH3 is 1. The number of carbonyl (C=O) groups excluding carboxylic acids is 1. The maximum Gasteiger partial charge on any atom is 0.254 e. The molecule has 5 rings (SSSR count). The molecule has 0 N–H and O–H groups in total. The lowest BCUT2D eigenvalue weighted by Gasteiger charge is -2.37. The molecular weight excluding hydrogens is 454 g/mol. The van der Waals surface area contributed by atoms with Crippen molar-refractivity contribution in [3.63, 3.8) is 0 Å². The number of halogens is 1. The van der Waals surface area contributed by atoms with E-state index in [1.54, 1.807) is 16.6 Å². The third-order valence-corrected chi connectivity index (χ3v) is 6.22. The summed E-state index contributed by atoms with van der Waals surface area (Å²) in [6, 6.07) is 13.5. The molecule has 0 spiro atoms. The van der Waals surface area contributed by atoms with Gasteiger partial charge in [0.05, 0.1) is 7.11 Å². The number of benzene rings is 1. The van der Waals surface area contributed by atoms with Crippen LogP contribution in [0, 0.1) is 6.92 Å². The summed E-state index contributed by atoms with van der Waals surface area (Å²) in [7, 11) is 1.50. The molecular formula is C24H24ClN7O2. The molecule has 0 saturated carbocycles. The Morgan fingerprint density at radius 1 is 1.09 bits per heavy atom. The first-order chi connectivity index (χ1) is 16.5. The zero-order chi connectivity index (χ0) is 23.7. The number of aromatic nitrogens is 5. The van der Waals surface area contributed by atoms with Crippen molar-refractivity contribution in [2.24, 2.45) is 0 Å². The largest absolute Gasteiger partial charge is 0.481 e. The smallest absolute Gasteiger partial charge is 0.254 e. The summed E-state index contributed by atoms with van der Waals surface area (Å²) in [6.45, 7) is 4.44. The molecule has 4 heterocycles. The molecule has 4 aromatic rings. The minimum absolute atomic E-state index is 0.0939. The summed E-state index contributed by atoms with van der Waals surface area (Å²) < 4.78 is 6.96. The van der Waals surface area contributed by atoms with Gasteiger partial charge in [-0.3, -0.25) is 4.79 Å².